The third-order valence-electron chi connectivity index (χ3n) is 2.92. The molecule has 1 aliphatic carbocycles. The summed E-state index contributed by atoms with van der Waals surface area (Å²) in [6, 6.07) is 1.62. The highest BCUT2D eigenvalue weighted by atomic mass is 32.1. The van der Waals surface area contributed by atoms with Crippen LogP contribution in [0.5, 0.6) is 0 Å². The van der Waals surface area contributed by atoms with Crippen LogP contribution < -0.4 is 0 Å². The van der Waals surface area contributed by atoms with Gasteiger partial charge < -0.3 is 5.11 Å². The second kappa shape index (κ2) is 4.16. The minimum Gasteiger partial charge on any atom is -0.388 e. The minimum atomic E-state index is -0.435. The Bertz CT molecular complexity index is 555. The molecule has 1 unspecified atom stereocenters. The molecular formula is C12H11FN2OS. The first-order valence-corrected chi connectivity index (χ1v) is 6.35. The monoisotopic (exact) mass is 250 g/mol. The normalized spacial score (nSPS) is 19.1. The molecule has 17 heavy (non-hydrogen) atoms. The minimum absolute atomic E-state index is 0.368. The summed E-state index contributed by atoms with van der Waals surface area (Å²) in [5.41, 5.74) is 1.38. The van der Waals surface area contributed by atoms with Crippen molar-refractivity contribution in [1.82, 2.24) is 9.97 Å². The fourth-order valence-corrected chi connectivity index (χ4v) is 3.22. The predicted molar refractivity (Wildman–Crippen MR) is 63.2 cm³/mol. The molecule has 1 aliphatic rings. The zero-order valence-corrected chi connectivity index (χ0v) is 9.88. The Kier molecular flexibility index (Phi) is 2.64. The summed E-state index contributed by atoms with van der Waals surface area (Å²) >= 11 is 1.38. The van der Waals surface area contributed by atoms with Gasteiger partial charge in [0.15, 0.2) is 5.82 Å². The van der Waals surface area contributed by atoms with Crippen molar-refractivity contribution < 1.29 is 9.50 Å². The molecule has 2 aromatic rings. The molecule has 0 aromatic carbocycles. The van der Waals surface area contributed by atoms with Crippen molar-refractivity contribution in [3.8, 4) is 10.6 Å². The van der Waals surface area contributed by atoms with Crippen LogP contribution in [0, 0.1) is 5.82 Å². The van der Waals surface area contributed by atoms with Gasteiger partial charge in [-0.15, -0.1) is 11.3 Å². The molecule has 1 atom stereocenters. The zero-order chi connectivity index (χ0) is 11.8. The third kappa shape index (κ3) is 1.85. The summed E-state index contributed by atoms with van der Waals surface area (Å²) < 4.78 is 13.6. The molecule has 0 amide bonds. The number of aromatic nitrogens is 2. The van der Waals surface area contributed by atoms with Gasteiger partial charge in [0.05, 0.1) is 22.9 Å². The Morgan fingerprint density at radius 2 is 2.35 bits per heavy atom. The number of nitrogens with zero attached hydrogens (tertiary/aromatic N) is 2. The van der Waals surface area contributed by atoms with Crippen LogP contribution in [0.4, 0.5) is 4.39 Å². The van der Waals surface area contributed by atoms with Crippen LogP contribution in [0.1, 0.15) is 29.5 Å². The van der Waals surface area contributed by atoms with Crippen LogP contribution in [0.3, 0.4) is 0 Å². The highest BCUT2D eigenvalue weighted by molar-refractivity contribution is 7.15. The quantitative estimate of drug-likeness (QED) is 0.846. The molecule has 1 N–H and O–H groups in total. The number of hydrogen-bond donors (Lipinski definition) is 1. The van der Waals surface area contributed by atoms with E-state index in [9.17, 15) is 9.50 Å². The van der Waals surface area contributed by atoms with Gasteiger partial charge in [-0.2, -0.15) is 0 Å². The molecule has 0 bridgehead atoms. The van der Waals surface area contributed by atoms with E-state index < -0.39 is 6.10 Å². The summed E-state index contributed by atoms with van der Waals surface area (Å²) in [6.07, 6.45) is 4.88. The maximum atomic E-state index is 13.6. The number of rotatable bonds is 1. The van der Waals surface area contributed by atoms with Crippen LogP contribution in [0.25, 0.3) is 10.6 Å². The molecule has 5 heteroatoms. The number of halogens is 1. The zero-order valence-electron chi connectivity index (χ0n) is 9.06. The van der Waals surface area contributed by atoms with Crippen molar-refractivity contribution in [2.24, 2.45) is 0 Å². The molecule has 0 aliphatic heterocycles. The lowest BCUT2D eigenvalue weighted by atomic mass is 10.0. The van der Waals surface area contributed by atoms with E-state index in [1.54, 1.807) is 12.3 Å². The Balaban J connectivity index is 2.08. The maximum Gasteiger partial charge on any atom is 0.151 e. The largest absolute Gasteiger partial charge is 0.388 e. The number of thiazole rings is 1. The van der Waals surface area contributed by atoms with Gasteiger partial charge in [0.2, 0.25) is 0 Å². The van der Waals surface area contributed by atoms with E-state index in [0.29, 0.717) is 10.6 Å². The van der Waals surface area contributed by atoms with Gasteiger partial charge in [-0.1, -0.05) is 0 Å². The first-order valence-electron chi connectivity index (χ1n) is 5.53. The average Bonchev–Trinajstić information content (AvgIpc) is 2.75. The first kappa shape index (κ1) is 10.8. The molecule has 2 heterocycles. The molecule has 3 rings (SSSR count). The van der Waals surface area contributed by atoms with Crippen LogP contribution >= 0.6 is 11.3 Å². The summed E-state index contributed by atoms with van der Waals surface area (Å²) in [5.74, 6) is -0.368. The third-order valence-corrected chi connectivity index (χ3v) is 4.16. The molecule has 3 nitrogen and oxygen atoms in total. The summed E-state index contributed by atoms with van der Waals surface area (Å²) in [6.45, 7) is 0. The summed E-state index contributed by atoms with van der Waals surface area (Å²) in [5, 5.41) is 10.5. The SMILES string of the molecule is OC1CCCc2nc(-c3ccncc3F)sc21. The van der Waals surface area contributed by atoms with Gasteiger partial charge in [-0.3, -0.25) is 4.98 Å². The van der Waals surface area contributed by atoms with E-state index in [4.69, 9.17) is 0 Å². The average molecular weight is 250 g/mol. The van der Waals surface area contributed by atoms with Crippen molar-refractivity contribution in [2.45, 2.75) is 25.4 Å². The fraction of sp³-hybridized carbons (Fsp3) is 0.333. The topological polar surface area (TPSA) is 46.0 Å². The molecule has 2 aromatic heterocycles. The van der Waals surface area contributed by atoms with Gasteiger partial charge in [-0.25, -0.2) is 9.37 Å². The second-order valence-electron chi connectivity index (χ2n) is 4.09. The molecule has 0 spiro atoms. The number of pyridine rings is 1. The van der Waals surface area contributed by atoms with Crippen molar-refractivity contribution in [2.75, 3.05) is 0 Å². The van der Waals surface area contributed by atoms with Crippen LogP contribution in [-0.4, -0.2) is 15.1 Å². The molecular weight excluding hydrogens is 239 g/mol. The number of hydrogen-bond acceptors (Lipinski definition) is 4. The predicted octanol–water partition coefficient (Wildman–Crippen LogP) is 2.71. The van der Waals surface area contributed by atoms with Crippen molar-refractivity contribution >= 4 is 11.3 Å². The van der Waals surface area contributed by atoms with Gasteiger partial charge in [-0.05, 0) is 25.3 Å². The van der Waals surface area contributed by atoms with Gasteiger partial charge in [0, 0.05) is 11.8 Å². The highest BCUT2D eigenvalue weighted by Gasteiger charge is 2.23. The van der Waals surface area contributed by atoms with E-state index in [-0.39, 0.29) is 5.82 Å². The number of aliphatic hydroxyl groups is 1. The van der Waals surface area contributed by atoms with Gasteiger partial charge in [0.25, 0.3) is 0 Å². The number of aryl methyl sites for hydroxylation is 1. The smallest absolute Gasteiger partial charge is 0.151 e. The fourth-order valence-electron chi connectivity index (χ4n) is 2.06. The van der Waals surface area contributed by atoms with Crippen molar-refractivity contribution in [3.05, 3.63) is 34.8 Å². The van der Waals surface area contributed by atoms with Crippen molar-refractivity contribution in [3.63, 3.8) is 0 Å². The van der Waals surface area contributed by atoms with E-state index >= 15 is 0 Å². The van der Waals surface area contributed by atoms with E-state index in [1.807, 2.05) is 0 Å². The lowest BCUT2D eigenvalue weighted by Crippen LogP contribution is -2.06. The summed E-state index contributed by atoms with van der Waals surface area (Å²) in [4.78, 5) is 9.03. The second-order valence-corrected chi connectivity index (χ2v) is 5.12. The standard InChI is InChI=1S/C12H11FN2OS/c13-8-6-14-5-4-7(8)12-15-9-2-1-3-10(16)11(9)17-12/h4-6,10,16H,1-3H2. The van der Waals surface area contributed by atoms with Gasteiger partial charge >= 0.3 is 0 Å². The molecule has 0 saturated carbocycles. The van der Waals surface area contributed by atoms with Crippen LogP contribution in [0.2, 0.25) is 0 Å². The first-order chi connectivity index (χ1) is 8.25. The molecule has 88 valence electrons. The van der Waals surface area contributed by atoms with Gasteiger partial charge in [0.1, 0.15) is 5.01 Å². The Hall–Kier alpha value is -1.33. The summed E-state index contributed by atoms with van der Waals surface area (Å²) in [7, 11) is 0. The number of aliphatic hydroxyl groups excluding tert-OH is 1. The molecule has 0 radical (unpaired) electrons. The Morgan fingerprint density at radius 1 is 1.47 bits per heavy atom. The number of fused-ring (bicyclic) bond motifs is 1. The van der Waals surface area contributed by atoms with Crippen molar-refractivity contribution in [1.29, 1.82) is 0 Å². The van der Waals surface area contributed by atoms with Crippen LogP contribution in [-0.2, 0) is 6.42 Å². The lowest BCUT2D eigenvalue weighted by molar-refractivity contribution is 0.160. The van der Waals surface area contributed by atoms with E-state index in [1.165, 1.54) is 17.5 Å². The highest BCUT2D eigenvalue weighted by Crippen LogP contribution is 2.38. The lowest BCUT2D eigenvalue weighted by Gasteiger charge is -2.14. The maximum absolute atomic E-state index is 13.6. The van der Waals surface area contributed by atoms with Crippen LogP contribution in [0.15, 0.2) is 18.5 Å². The van der Waals surface area contributed by atoms with E-state index in [0.717, 1.165) is 29.8 Å². The van der Waals surface area contributed by atoms with E-state index in [2.05, 4.69) is 9.97 Å². The molecule has 0 fully saturated rings. The molecule has 0 saturated heterocycles. The Morgan fingerprint density at radius 3 is 3.12 bits per heavy atom. The Labute approximate surface area is 102 Å².